The summed E-state index contributed by atoms with van der Waals surface area (Å²) < 4.78 is 6.02. The zero-order valence-electron chi connectivity index (χ0n) is 16.2. The minimum Gasteiger partial charge on any atom is -0.508 e. The molecule has 1 atom stereocenters. The van der Waals surface area contributed by atoms with Gasteiger partial charge in [0.2, 0.25) is 0 Å². The largest absolute Gasteiger partial charge is 0.508 e. The van der Waals surface area contributed by atoms with Gasteiger partial charge >= 0.3 is 0 Å². The number of fused-ring (bicyclic) bond motifs is 1. The number of hydrogen-bond donors (Lipinski definition) is 2. The maximum absolute atomic E-state index is 11.1. The molecule has 2 aromatic carbocycles. The summed E-state index contributed by atoms with van der Waals surface area (Å²) in [5.74, 6) is 1.19. The number of piperidine rings is 1. The van der Waals surface area contributed by atoms with Crippen molar-refractivity contribution in [2.24, 2.45) is 0 Å². The van der Waals surface area contributed by atoms with Crippen molar-refractivity contribution in [1.29, 1.82) is 0 Å². The van der Waals surface area contributed by atoms with E-state index in [9.17, 15) is 10.2 Å². The van der Waals surface area contributed by atoms with Crippen molar-refractivity contribution < 1.29 is 14.9 Å². The maximum Gasteiger partial charge on any atom is 0.123 e. The number of benzene rings is 2. The number of aromatic hydroxyl groups is 1. The van der Waals surface area contributed by atoms with Gasteiger partial charge in [-0.15, -0.1) is 0 Å². The molecule has 2 aliphatic rings. The zero-order chi connectivity index (χ0) is 19.0. The van der Waals surface area contributed by atoms with Gasteiger partial charge in [0.15, 0.2) is 0 Å². The summed E-state index contributed by atoms with van der Waals surface area (Å²) in [5, 5.41) is 20.7. The van der Waals surface area contributed by atoms with Gasteiger partial charge in [-0.25, -0.2) is 0 Å². The minimum atomic E-state index is -0.608. The van der Waals surface area contributed by atoms with Gasteiger partial charge in [0.25, 0.3) is 0 Å². The second-order valence-corrected chi connectivity index (χ2v) is 8.36. The fourth-order valence-corrected chi connectivity index (χ4v) is 4.32. The Balaban J connectivity index is 1.30. The van der Waals surface area contributed by atoms with E-state index in [0.717, 1.165) is 56.6 Å². The first-order valence-corrected chi connectivity index (χ1v) is 9.90. The summed E-state index contributed by atoms with van der Waals surface area (Å²) in [6.45, 7) is 6.91. The number of likely N-dealkylation sites (tertiary alicyclic amines) is 1. The van der Waals surface area contributed by atoms with E-state index in [1.54, 1.807) is 12.1 Å². The maximum atomic E-state index is 11.1. The Morgan fingerprint density at radius 1 is 1.07 bits per heavy atom. The molecule has 0 aromatic heterocycles. The van der Waals surface area contributed by atoms with Gasteiger partial charge in [-0.3, -0.25) is 4.90 Å². The van der Waals surface area contributed by atoms with E-state index in [2.05, 4.69) is 36.9 Å². The molecule has 0 saturated carbocycles. The van der Waals surface area contributed by atoms with Crippen molar-refractivity contribution in [1.82, 2.24) is 4.90 Å². The molecule has 27 heavy (non-hydrogen) atoms. The highest BCUT2D eigenvalue weighted by atomic mass is 16.5. The highest BCUT2D eigenvalue weighted by Gasteiger charge is 2.34. The first-order valence-electron chi connectivity index (χ1n) is 9.90. The highest BCUT2D eigenvalue weighted by Crippen LogP contribution is 2.33. The van der Waals surface area contributed by atoms with E-state index < -0.39 is 5.60 Å². The molecule has 1 fully saturated rings. The lowest BCUT2D eigenvalue weighted by molar-refractivity contribution is -0.0265. The number of phenolic OH excluding ortho intramolecular Hbond substituents is 1. The number of hydrogen-bond acceptors (Lipinski definition) is 4. The van der Waals surface area contributed by atoms with Crippen LogP contribution in [0.2, 0.25) is 0 Å². The van der Waals surface area contributed by atoms with Crippen LogP contribution < -0.4 is 4.74 Å². The van der Waals surface area contributed by atoms with Crippen LogP contribution in [0.5, 0.6) is 11.5 Å². The Hall–Kier alpha value is -2.04. The third-order valence-electron chi connectivity index (χ3n) is 6.14. The molecule has 2 N–H and O–H groups in total. The summed E-state index contributed by atoms with van der Waals surface area (Å²) in [6.07, 6.45) is 3.29. The van der Waals surface area contributed by atoms with Crippen LogP contribution >= 0.6 is 0 Å². The van der Waals surface area contributed by atoms with Crippen molar-refractivity contribution in [2.45, 2.75) is 51.2 Å². The van der Waals surface area contributed by atoms with Gasteiger partial charge in [-0.1, -0.05) is 18.2 Å². The van der Waals surface area contributed by atoms with Gasteiger partial charge in [-0.2, -0.15) is 0 Å². The highest BCUT2D eigenvalue weighted by molar-refractivity contribution is 5.42. The average molecular weight is 367 g/mol. The lowest BCUT2D eigenvalue weighted by Gasteiger charge is -2.39. The Kier molecular flexibility index (Phi) is 4.87. The van der Waals surface area contributed by atoms with Gasteiger partial charge in [0, 0.05) is 38.0 Å². The number of ether oxygens (including phenoxy) is 1. The van der Waals surface area contributed by atoms with Gasteiger partial charge in [0.05, 0.1) is 5.60 Å². The molecule has 2 heterocycles. The van der Waals surface area contributed by atoms with Crippen LogP contribution in [0.4, 0.5) is 0 Å². The summed E-state index contributed by atoms with van der Waals surface area (Å²) in [7, 11) is 0. The third kappa shape index (κ3) is 4.12. The van der Waals surface area contributed by atoms with Gasteiger partial charge in [-0.05, 0) is 61.6 Å². The first-order chi connectivity index (χ1) is 12.9. The number of nitrogens with zero attached hydrogens (tertiary/aromatic N) is 1. The second-order valence-electron chi connectivity index (χ2n) is 8.36. The molecular weight excluding hydrogens is 338 g/mol. The topological polar surface area (TPSA) is 52.9 Å². The van der Waals surface area contributed by atoms with Crippen LogP contribution in [-0.2, 0) is 12.8 Å². The van der Waals surface area contributed by atoms with Crippen molar-refractivity contribution in [3.63, 3.8) is 0 Å². The lowest BCUT2D eigenvalue weighted by Crippen LogP contribution is -2.48. The van der Waals surface area contributed by atoms with Crippen LogP contribution in [0.15, 0.2) is 36.4 Å². The number of phenols is 1. The smallest absolute Gasteiger partial charge is 0.123 e. The van der Waals surface area contributed by atoms with Crippen LogP contribution in [0.3, 0.4) is 0 Å². The van der Waals surface area contributed by atoms with E-state index in [0.29, 0.717) is 5.75 Å². The Labute approximate surface area is 161 Å². The molecule has 4 nitrogen and oxygen atoms in total. The third-order valence-corrected chi connectivity index (χ3v) is 6.14. The van der Waals surface area contributed by atoms with E-state index in [4.69, 9.17) is 4.74 Å². The van der Waals surface area contributed by atoms with Crippen molar-refractivity contribution in [3.8, 4) is 11.5 Å². The molecule has 4 heteroatoms. The Morgan fingerprint density at radius 3 is 2.59 bits per heavy atom. The van der Waals surface area contributed by atoms with Crippen LogP contribution in [0.25, 0.3) is 0 Å². The van der Waals surface area contributed by atoms with E-state index in [1.165, 1.54) is 16.7 Å². The zero-order valence-corrected chi connectivity index (χ0v) is 16.2. The van der Waals surface area contributed by atoms with Crippen LogP contribution in [0, 0.1) is 13.8 Å². The average Bonchev–Trinajstić information content (AvgIpc) is 3.02. The van der Waals surface area contributed by atoms with Gasteiger partial charge in [0.1, 0.15) is 17.6 Å². The van der Waals surface area contributed by atoms with Gasteiger partial charge < -0.3 is 14.9 Å². The predicted octanol–water partition coefficient (Wildman–Crippen LogP) is 3.38. The molecule has 0 radical (unpaired) electrons. The fourth-order valence-electron chi connectivity index (χ4n) is 4.32. The number of rotatable bonds is 4. The van der Waals surface area contributed by atoms with Crippen molar-refractivity contribution >= 4 is 0 Å². The second kappa shape index (κ2) is 7.17. The molecule has 144 valence electrons. The molecule has 0 amide bonds. The quantitative estimate of drug-likeness (QED) is 0.870. The van der Waals surface area contributed by atoms with Crippen molar-refractivity contribution in [3.05, 3.63) is 58.7 Å². The predicted molar refractivity (Wildman–Crippen MR) is 106 cm³/mol. The molecule has 2 aromatic rings. The standard InChI is InChI=1S/C23H29NO3/c1-16-3-4-18(11-17(16)2)14-23(26)7-9-24(10-8-23)15-21-13-19-12-20(25)5-6-22(19)27-21/h3-6,11-12,21,25-26H,7-10,13-15H2,1-2H3. The van der Waals surface area contributed by atoms with Crippen LogP contribution in [-0.4, -0.2) is 46.5 Å². The molecule has 1 saturated heterocycles. The molecular formula is C23H29NO3. The molecule has 1 unspecified atom stereocenters. The van der Waals surface area contributed by atoms with Crippen molar-refractivity contribution in [2.75, 3.05) is 19.6 Å². The Morgan fingerprint density at radius 2 is 1.85 bits per heavy atom. The molecule has 4 rings (SSSR count). The minimum absolute atomic E-state index is 0.132. The monoisotopic (exact) mass is 367 g/mol. The Bertz CT molecular complexity index is 824. The van der Waals surface area contributed by atoms with E-state index in [1.807, 2.05) is 6.07 Å². The SMILES string of the molecule is Cc1ccc(CC2(O)CCN(CC3Cc4cc(O)ccc4O3)CC2)cc1C. The molecule has 0 aliphatic carbocycles. The van der Waals surface area contributed by atoms with Crippen LogP contribution in [0.1, 0.15) is 35.1 Å². The molecule has 0 bridgehead atoms. The normalized spacial score (nSPS) is 21.7. The van der Waals surface area contributed by atoms with E-state index in [-0.39, 0.29) is 6.10 Å². The number of aryl methyl sites for hydroxylation is 2. The first kappa shape index (κ1) is 18.3. The van der Waals surface area contributed by atoms with E-state index >= 15 is 0 Å². The summed E-state index contributed by atoms with van der Waals surface area (Å²) in [5.41, 5.74) is 4.29. The summed E-state index contributed by atoms with van der Waals surface area (Å²) in [4.78, 5) is 2.39. The summed E-state index contributed by atoms with van der Waals surface area (Å²) >= 11 is 0. The fraction of sp³-hybridized carbons (Fsp3) is 0.478. The molecule has 2 aliphatic heterocycles. The number of aliphatic hydroxyl groups is 1. The summed E-state index contributed by atoms with van der Waals surface area (Å²) in [6, 6.07) is 11.8. The molecule has 0 spiro atoms. The lowest BCUT2D eigenvalue weighted by atomic mass is 9.84.